The van der Waals surface area contributed by atoms with Crippen molar-refractivity contribution >= 4 is 0 Å². The Morgan fingerprint density at radius 3 is 2.50 bits per heavy atom. The standard InChI is InChI=1S/C13H17N5/c1-4-14-9(2)11-8-17-13(18-10(11)3)12-15-6-5-7-16-12/h5-9,14H,4H2,1-3H3. The van der Waals surface area contributed by atoms with Crippen molar-refractivity contribution in [3.05, 3.63) is 35.9 Å². The molecule has 2 heterocycles. The molecule has 2 aromatic rings. The number of nitrogens with zero attached hydrogens (tertiary/aromatic N) is 4. The Bertz CT molecular complexity index is 512. The molecule has 1 atom stereocenters. The Labute approximate surface area is 107 Å². The summed E-state index contributed by atoms with van der Waals surface area (Å²) in [5, 5.41) is 3.35. The van der Waals surface area contributed by atoms with Crippen LogP contribution in [0.4, 0.5) is 0 Å². The molecule has 0 aliphatic carbocycles. The maximum atomic E-state index is 4.47. The molecule has 2 rings (SSSR count). The van der Waals surface area contributed by atoms with Crippen LogP contribution >= 0.6 is 0 Å². The Balaban J connectivity index is 2.31. The largest absolute Gasteiger partial charge is 0.310 e. The third-order valence-electron chi connectivity index (χ3n) is 2.76. The molecule has 94 valence electrons. The van der Waals surface area contributed by atoms with Crippen molar-refractivity contribution in [1.82, 2.24) is 25.3 Å². The van der Waals surface area contributed by atoms with Crippen molar-refractivity contribution < 1.29 is 0 Å². The second kappa shape index (κ2) is 5.64. The van der Waals surface area contributed by atoms with E-state index >= 15 is 0 Å². The molecule has 0 aliphatic heterocycles. The van der Waals surface area contributed by atoms with Crippen LogP contribution in [0.15, 0.2) is 24.7 Å². The third-order valence-corrected chi connectivity index (χ3v) is 2.76. The second-order valence-corrected chi connectivity index (χ2v) is 4.09. The average Bonchev–Trinajstić information content (AvgIpc) is 2.40. The number of hydrogen-bond acceptors (Lipinski definition) is 5. The lowest BCUT2D eigenvalue weighted by Gasteiger charge is -2.14. The summed E-state index contributed by atoms with van der Waals surface area (Å²) in [7, 11) is 0. The van der Waals surface area contributed by atoms with Gasteiger partial charge in [-0.2, -0.15) is 0 Å². The van der Waals surface area contributed by atoms with Crippen LogP contribution in [0.2, 0.25) is 0 Å². The van der Waals surface area contributed by atoms with Gasteiger partial charge in [0.25, 0.3) is 0 Å². The van der Waals surface area contributed by atoms with Crippen molar-refractivity contribution in [3.63, 3.8) is 0 Å². The van der Waals surface area contributed by atoms with E-state index in [1.807, 2.05) is 13.1 Å². The molecule has 0 spiro atoms. The van der Waals surface area contributed by atoms with E-state index in [4.69, 9.17) is 0 Å². The zero-order chi connectivity index (χ0) is 13.0. The SMILES string of the molecule is CCNC(C)c1cnc(-c2ncccn2)nc1C. The number of nitrogens with one attached hydrogen (secondary N) is 1. The number of rotatable bonds is 4. The van der Waals surface area contributed by atoms with Gasteiger partial charge in [0.2, 0.25) is 0 Å². The summed E-state index contributed by atoms with van der Waals surface area (Å²) in [5.74, 6) is 1.13. The molecule has 5 nitrogen and oxygen atoms in total. The van der Waals surface area contributed by atoms with Crippen LogP contribution < -0.4 is 5.32 Å². The van der Waals surface area contributed by atoms with Gasteiger partial charge in [-0.25, -0.2) is 19.9 Å². The molecule has 5 heteroatoms. The van der Waals surface area contributed by atoms with E-state index in [1.54, 1.807) is 18.5 Å². The smallest absolute Gasteiger partial charge is 0.197 e. The highest BCUT2D eigenvalue weighted by Crippen LogP contribution is 2.17. The fraction of sp³-hybridized carbons (Fsp3) is 0.385. The van der Waals surface area contributed by atoms with Crippen molar-refractivity contribution in [3.8, 4) is 11.6 Å². The van der Waals surface area contributed by atoms with Crippen molar-refractivity contribution in [2.24, 2.45) is 0 Å². The van der Waals surface area contributed by atoms with Gasteiger partial charge in [0.1, 0.15) is 0 Å². The minimum atomic E-state index is 0.251. The zero-order valence-corrected chi connectivity index (χ0v) is 10.9. The number of aryl methyl sites for hydroxylation is 1. The van der Waals surface area contributed by atoms with Crippen LogP contribution in [0, 0.1) is 6.92 Å². The lowest BCUT2D eigenvalue weighted by atomic mass is 10.1. The second-order valence-electron chi connectivity index (χ2n) is 4.09. The molecule has 0 bridgehead atoms. The molecular formula is C13H17N5. The van der Waals surface area contributed by atoms with Gasteiger partial charge in [0.05, 0.1) is 0 Å². The van der Waals surface area contributed by atoms with Gasteiger partial charge < -0.3 is 5.32 Å². The van der Waals surface area contributed by atoms with Crippen LogP contribution in [0.25, 0.3) is 11.6 Å². The minimum absolute atomic E-state index is 0.251. The molecule has 2 aromatic heterocycles. The van der Waals surface area contributed by atoms with E-state index in [0.29, 0.717) is 11.6 Å². The van der Waals surface area contributed by atoms with Crippen LogP contribution in [0.3, 0.4) is 0 Å². The van der Waals surface area contributed by atoms with Crippen LogP contribution in [-0.2, 0) is 0 Å². The van der Waals surface area contributed by atoms with E-state index in [1.165, 1.54) is 0 Å². The molecular weight excluding hydrogens is 226 g/mol. The van der Waals surface area contributed by atoms with E-state index in [9.17, 15) is 0 Å². The van der Waals surface area contributed by atoms with E-state index in [2.05, 4.69) is 39.1 Å². The van der Waals surface area contributed by atoms with Crippen LogP contribution in [-0.4, -0.2) is 26.5 Å². The van der Waals surface area contributed by atoms with E-state index < -0.39 is 0 Å². The Morgan fingerprint density at radius 1 is 1.17 bits per heavy atom. The zero-order valence-electron chi connectivity index (χ0n) is 10.9. The van der Waals surface area contributed by atoms with Crippen LogP contribution in [0.1, 0.15) is 31.1 Å². The maximum Gasteiger partial charge on any atom is 0.197 e. The molecule has 18 heavy (non-hydrogen) atoms. The maximum absolute atomic E-state index is 4.47. The molecule has 1 N–H and O–H groups in total. The number of aromatic nitrogens is 4. The predicted molar refractivity (Wildman–Crippen MR) is 69.9 cm³/mol. The predicted octanol–water partition coefficient (Wildman–Crippen LogP) is 1.91. The number of hydrogen-bond donors (Lipinski definition) is 1. The molecule has 0 aliphatic rings. The Kier molecular flexibility index (Phi) is 3.94. The summed E-state index contributed by atoms with van der Waals surface area (Å²) < 4.78 is 0. The molecule has 0 amide bonds. The Morgan fingerprint density at radius 2 is 1.89 bits per heavy atom. The van der Waals surface area contributed by atoms with Gasteiger partial charge in [-0.3, -0.25) is 0 Å². The Hall–Kier alpha value is -1.88. The first-order valence-corrected chi connectivity index (χ1v) is 6.06. The van der Waals surface area contributed by atoms with Gasteiger partial charge in [-0.1, -0.05) is 6.92 Å². The fourth-order valence-electron chi connectivity index (χ4n) is 1.84. The molecule has 1 unspecified atom stereocenters. The summed E-state index contributed by atoms with van der Waals surface area (Å²) in [6, 6.07) is 2.03. The summed E-state index contributed by atoms with van der Waals surface area (Å²) >= 11 is 0. The third kappa shape index (κ3) is 2.68. The molecule has 0 fully saturated rings. The van der Waals surface area contributed by atoms with Gasteiger partial charge in [-0.15, -0.1) is 0 Å². The molecule has 0 aromatic carbocycles. The average molecular weight is 243 g/mol. The first-order valence-electron chi connectivity index (χ1n) is 6.06. The molecule has 0 saturated heterocycles. The van der Waals surface area contributed by atoms with Gasteiger partial charge in [0, 0.05) is 35.9 Å². The lowest BCUT2D eigenvalue weighted by Crippen LogP contribution is -2.19. The quantitative estimate of drug-likeness (QED) is 0.888. The van der Waals surface area contributed by atoms with Gasteiger partial charge in [-0.05, 0) is 26.5 Å². The van der Waals surface area contributed by atoms with Crippen molar-refractivity contribution in [1.29, 1.82) is 0 Å². The van der Waals surface area contributed by atoms with Crippen LogP contribution in [0.5, 0.6) is 0 Å². The first kappa shape index (κ1) is 12.6. The van der Waals surface area contributed by atoms with Gasteiger partial charge >= 0.3 is 0 Å². The first-order chi connectivity index (χ1) is 8.72. The van der Waals surface area contributed by atoms with E-state index in [0.717, 1.165) is 17.8 Å². The normalized spacial score (nSPS) is 12.4. The monoisotopic (exact) mass is 243 g/mol. The summed E-state index contributed by atoms with van der Waals surface area (Å²) in [6.07, 6.45) is 5.23. The van der Waals surface area contributed by atoms with Crippen molar-refractivity contribution in [2.75, 3.05) is 6.54 Å². The van der Waals surface area contributed by atoms with Crippen molar-refractivity contribution in [2.45, 2.75) is 26.8 Å². The molecule has 0 saturated carbocycles. The highest BCUT2D eigenvalue weighted by atomic mass is 15.0. The fourth-order valence-corrected chi connectivity index (χ4v) is 1.84. The van der Waals surface area contributed by atoms with E-state index in [-0.39, 0.29) is 6.04 Å². The summed E-state index contributed by atoms with van der Waals surface area (Å²) in [4.78, 5) is 17.1. The highest BCUT2D eigenvalue weighted by Gasteiger charge is 2.11. The van der Waals surface area contributed by atoms with Gasteiger partial charge in [0.15, 0.2) is 11.6 Å². The topological polar surface area (TPSA) is 63.6 Å². The highest BCUT2D eigenvalue weighted by molar-refractivity contribution is 5.43. The molecule has 0 radical (unpaired) electrons. The lowest BCUT2D eigenvalue weighted by molar-refractivity contribution is 0.590. The summed E-state index contributed by atoms with van der Waals surface area (Å²) in [6.45, 7) is 7.09. The summed E-state index contributed by atoms with van der Waals surface area (Å²) in [5.41, 5.74) is 2.07. The minimum Gasteiger partial charge on any atom is -0.310 e.